The van der Waals surface area contributed by atoms with Crippen LogP contribution in [0.3, 0.4) is 0 Å². The standard InChI is InChI=1S/C14H17N3O2/c1-9(2)11-5-3-10(4-6-11)8-17-12(15)7-13(18)16-14(17)19/h3-7,9H,8,15H2,1-2H3,(H,16,18,19). The fraction of sp³-hybridized carbons (Fsp3) is 0.286. The number of rotatable bonds is 3. The quantitative estimate of drug-likeness (QED) is 0.871. The first-order chi connectivity index (χ1) is 8.97. The minimum Gasteiger partial charge on any atom is -0.385 e. The minimum atomic E-state index is -0.488. The Morgan fingerprint density at radius 2 is 1.84 bits per heavy atom. The predicted molar refractivity (Wildman–Crippen MR) is 75.4 cm³/mol. The second-order valence-corrected chi connectivity index (χ2v) is 4.85. The highest BCUT2D eigenvalue weighted by atomic mass is 16.2. The van der Waals surface area contributed by atoms with E-state index in [2.05, 4.69) is 18.8 Å². The van der Waals surface area contributed by atoms with Crippen LogP contribution in [0.25, 0.3) is 0 Å². The van der Waals surface area contributed by atoms with Crippen LogP contribution in [0.15, 0.2) is 39.9 Å². The molecule has 0 fully saturated rings. The van der Waals surface area contributed by atoms with Gasteiger partial charge in [0.25, 0.3) is 5.56 Å². The van der Waals surface area contributed by atoms with Gasteiger partial charge in [-0.15, -0.1) is 0 Å². The lowest BCUT2D eigenvalue weighted by Crippen LogP contribution is -2.31. The lowest BCUT2D eigenvalue weighted by molar-refractivity contribution is 0.731. The van der Waals surface area contributed by atoms with Gasteiger partial charge in [0.15, 0.2) is 0 Å². The molecule has 0 saturated heterocycles. The number of hydrogen-bond donors (Lipinski definition) is 2. The van der Waals surface area contributed by atoms with Crippen LogP contribution < -0.4 is 17.0 Å². The number of nitrogens with one attached hydrogen (secondary N) is 1. The van der Waals surface area contributed by atoms with Gasteiger partial charge >= 0.3 is 5.69 Å². The van der Waals surface area contributed by atoms with E-state index in [9.17, 15) is 9.59 Å². The first-order valence-corrected chi connectivity index (χ1v) is 6.16. The zero-order chi connectivity index (χ0) is 14.0. The molecule has 0 aliphatic rings. The van der Waals surface area contributed by atoms with Gasteiger partial charge in [0, 0.05) is 6.07 Å². The third kappa shape index (κ3) is 2.93. The minimum absolute atomic E-state index is 0.168. The molecule has 0 amide bonds. The van der Waals surface area contributed by atoms with E-state index in [0.717, 1.165) is 5.56 Å². The largest absolute Gasteiger partial charge is 0.385 e. The maximum absolute atomic E-state index is 11.7. The molecule has 1 heterocycles. The molecule has 0 unspecified atom stereocenters. The number of nitrogens with two attached hydrogens (primary N) is 1. The van der Waals surface area contributed by atoms with Gasteiger partial charge in [-0.1, -0.05) is 38.1 Å². The van der Waals surface area contributed by atoms with E-state index >= 15 is 0 Å². The fourth-order valence-corrected chi connectivity index (χ4v) is 1.89. The third-order valence-electron chi connectivity index (χ3n) is 3.05. The molecule has 0 bridgehead atoms. The molecular formula is C14H17N3O2. The van der Waals surface area contributed by atoms with Crippen molar-refractivity contribution >= 4 is 5.82 Å². The number of anilines is 1. The molecule has 19 heavy (non-hydrogen) atoms. The number of hydrogen-bond acceptors (Lipinski definition) is 3. The molecular weight excluding hydrogens is 242 g/mol. The van der Waals surface area contributed by atoms with Crippen LogP contribution in [0.4, 0.5) is 5.82 Å². The summed E-state index contributed by atoms with van der Waals surface area (Å²) in [5.74, 6) is 0.636. The monoisotopic (exact) mass is 259 g/mol. The molecule has 1 aromatic carbocycles. The van der Waals surface area contributed by atoms with Crippen molar-refractivity contribution in [1.82, 2.24) is 9.55 Å². The number of benzene rings is 1. The highest BCUT2D eigenvalue weighted by molar-refractivity contribution is 5.30. The van der Waals surface area contributed by atoms with Crippen LogP contribution in [0, 0.1) is 0 Å². The lowest BCUT2D eigenvalue weighted by atomic mass is 10.0. The summed E-state index contributed by atoms with van der Waals surface area (Å²) in [5.41, 5.74) is 6.93. The van der Waals surface area contributed by atoms with Gasteiger partial charge in [0.1, 0.15) is 5.82 Å². The Kier molecular flexibility index (Phi) is 3.55. The van der Waals surface area contributed by atoms with Crippen LogP contribution in [-0.2, 0) is 6.54 Å². The fourth-order valence-electron chi connectivity index (χ4n) is 1.89. The topological polar surface area (TPSA) is 80.9 Å². The van der Waals surface area contributed by atoms with Gasteiger partial charge in [-0.25, -0.2) is 4.79 Å². The van der Waals surface area contributed by atoms with E-state index < -0.39 is 11.2 Å². The molecule has 2 rings (SSSR count). The molecule has 5 nitrogen and oxygen atoms in total. The van der Waals surface area contributed by atoms with Crippen LogP contribution in [0.5, 0.6) is 0 Å². The van der Waals surface area contributed by atoms with Crippen molar-refractivity contribution in [3.63, 3.8) is 0 Å². The Morgan fingerprint density at radius 1 is 1.21 bits per heavy atom. The van der Waals surface area contributed by atoms with Gasteiger partial charge in [-0.3, -0.25) is 14.3 Å². The molecule has 0 atom stereocenters. The van der Waals surface area contributed by atoms with E-state index in [-0.39, 0.29) is 5.82 Å². The van der Waals surface area contributed by atoms with Crippen molar-refractivity contribution in [2.75, 3.05) is 5.73 Å². The Labute approximate surface area is 110 Å². The first-order valence-electron chi connectivity index (χ1n) is 6.16. The van der Waals surface area contributed by atoms with Crippen molar-refractivity contribution in [3.8, 4) is 0 Å². The average Bonchev–Trinajstić information content (AvgIpc) is 2.34. The molecule has 3 N–H and O–H groups in total. The van der Waals surface area contributed by atoms with Gasteiger partial charge in [0.2, 0.25) is 0 Å². The van der Waals surface area contributed by atoms with E-state index in [1.54, 1.807) is 0 Å². The number of aromatic amines is 1. The molecule has 1 aromatic heterocycles. The zero-order valence-corrected chi connectivity index (χ0v) is 11.0. The third-order valence-corrected chi connectivity index (χ3v) is 3.05. The van der Waals surface area contributed by atoms with E-state index in [1.165, 1.54) is 16.2 Å². The van der Waals surface area contributed by atoms with E-state index in [1.807, 2.05) is 24.3 Å². The van der Waals surface area contributed by atoms with Gasteiger partial charge in [0.05, 0.1) is 6.54 Å². The molecule has 2 aromatic rings. The average molecular weight is 259 g/mol. The van der Waals surface area contributed by atoms with Gasteiger partial charge < -0.3 is 5.73 Å². The van der Waals surface area contributed by atoms with Crippen molar-refractivity contribution in [3.05, 3.63) is 62.3 Å². The summed E-state index contributed by atoms with van der Waals surface area (Å²) in [7, 11) is 0. The number of H-pyrrole nitrogens is 1. The van der Waals surface area contributed by atoms with Crippen molar-refractivity contribution < 1.29 is 0 Å². The van der Waals surface area contributed by atoms with Crippen LogP contribution in [-0.4, -0.2) is 9.55 Å². The normalized spacial score (nSPS) is 10.9. The lowest BCUT2D eigenvalue weighted by Gasteiger charge is -2.10. The van der Waals surface area contributed by atoms with Crippen molar-refractivity contribution in [1.29, 1.82) is 0 Å². The molecule has 0 radical (unpaired) electrons. The maximum atomic E-state index is 11.7. The molecule has 0 aliphatic heterocycles. The second kappa shape index (κ2) is 5.14. The Balaban J connectivity index is 2.31. The molecule has 5 heteroatoms. The Hall–Kier alpha value is -2.30. The summed E-state index contributed by atoms with van der Waals surface area (Å²) in [4.78, 5) is 25.0. The molecule has 0 spiro atoms. The van der Waals surface area contributed by atoms with Gasteiger partial charge in [-0.05, 0) is 17.0 Å². The Bertz CT molecular complexity index is 681. The smallest absolute Gasteiger partial charge is 0.330 e. The van der Waals surface area contributed by atoms with E-state index in [0.29, 0.717) is 12.5 Å². The summed E-state index contributed by atoms with van der Waals surface area (Å²) in [5, 5.41) is 0. The SMILES string of the molecule is CC(C)c1ccc(Cn2c(N)cc(=O)[nH]c2=O)cc1. The number of nitrogens with zero attached hydrogens (tertiary/aromatic N) is 1. The highest BCUT2D eigenvalue weighted by Gasteiger charge is 2.04. The summed E-state index contributed by atoms with van der Waals surface area (Å²) in [6, 6.07) is 9.21. The van der Waals surface area contributed by atoms with Crippen LogP contribution in [0.2, 0.25) is 0 Å². The summed E-state index contributed by atoms with van der Waals surface area (Å²) < 4.78 is 1.34. The van der Waals surface area contributed by atoms with Crippen LogP contribution >= 0.6 is 0 Å². The summed E-state index contributed by atoms with van der Waals surface area (Å²) in [6.45, 7) is 4.60. The van der Waals surface area contributed by atoms with Crippen molar-refractivity contribution in [2.45, 2.75) is 26.3 Å². The summed E-state index contributed by atoms with van der Waals surface area (Å²) in [6.07, 6.45) is 0. The van der Waals surface area contributed by atoms with Crippen LogP contribution in [0.1, 0.15) is 30.9 Å². The maximum Gasteiger partial charge on any atom is 0.330 e. The number of nitrogen functional groups attached to an aromatic ring is 1. The summed E-state index contributed by atoms with van der Waals surface area (Å²) >= 11 is 0. The van der Waals surface area contributed by atoms with E-state index in [4.69, 9.17) is 5.73 Å². The molecule has 0 aliphatic carbocycles. The molecule has 0 saturated carbocycles. The second-order valence-electron chi connectivity index (χ2n) is 4.85. The van der Waals surface area contributed by atoms with Gasteiger partial charge in [-0.2, -0.15) is 0 Å². The highest BCUT2D eigenvalue weighted by Crippen LogP contribution is 2.15. The molecule has 100 valence electrons. The first kappa shape index (κ1) is 13.1. The number of aromatic nitrogens is 2. The predicted octanol–water partition coefficient (Wildman–Crippen LogP) is 1.29. The van der Waals surface area contributed by atoms with Crippen molar-refractivity contribution in [2.24, 2.45) is 0 Å². The Morgan fingerprint density at radius 3 is 2.37 bits per heavy atom. The zero-order valence-electron chi connectivity index (χ0n) is 11.0.